The standard InChI is InChI=1S/C23H20FN3O3/c1-4-27-12-17(22(28)16-11-14(24)8-9-19(16)27)23(29)26-18-10-13(2)25-21-15(18)6-5-7-20(21)30-3/h5-12H,4H2,1-3H3,(H,25,26,29). The third kappa shape index (κ3) is 3.28. The quantitative estimate of drug-likeness (QED) is 0.550. The second kappa shape index (κ2) is 7.59. The number of para-hydroxylation sites is 1. The van der Waals surface area contributed by atoms with Gasteiger partial charge in [0.05, 0.1) is 18.3 Å². The second-order valence-electron chi connectivity index (χ2n) is 6.94. The molecule has 7 heteroatoms. The molecule has 0 spiro atoms. The second-order valence-corrected chi connectivity index (χ2v) is 6.94. The van der Waals surface area contributed by atoms with Gasteiger partial charge in [-0.2, -0.15) is 0 Å². The van der Waals surface area contributed by atoms with E-state index >= 15 is 0 Å². The van der Waals surface area contributed by atoms with Crippen LogP contribution in [-0.4, -0.2) is 22.6 Å². The molecule has 0 saturated carbocycles. The van der Waals surface area contributed by atoms with Crippen molar-refractivity contribution in [1.82, 2.24) is 9.55 Å². The van der Waals surface area contributed by atoms with E-state index in [9.17, 15) is 14.0 Å². The van der Waals surface area contributed by atoms with Crippen LogP contribution in [0.25, 0.3) is 21.8 Å². The van der Waals surface area contributed by atoms with Crippen molar-refractivity contribution in [3.05, 3.63) is 76.0 Å². The Morgan fingerprint density at radius 2 is 2.00 bits per heavy atom. The van der Waals surface area contributed by atoms with Crippen LogP contribution < -0.4 is 15.5 Å². The Labute approximate surface area is 171 Å². The SMILES string of the molecule is CCn1cc(C(=O)Nc2cc(C)nc3c(OC)cccc23)c(=O)c2cc(F)ccc21. The van der Waals surface area contributed by atoms with E-state index in [1.54, 1.807) is 35.9 Å². The molecular formula is C23H20FN3O3. The maximum Gasteiger partial charge on any atom is 0.261 e. The Hall–Kier alpha value is -3.74. The molecule has 6 nitrogen and oxygen atoms in total. The summed E-state index contributed by atoms with van der Waals surface area (Å²) in [6.45, 7) is 4.22. The molecule has 2 aromatic carbocycles. The number of carbonyl (C=O) groups is 1. The Balaban J connectivity index is 1.85. The average molecular weight is 405 g/mol. The van der Waals surface area contributed by atoms with Crippen LogP contribution in [-0.2, 0) is 6.54 Å². The number of hydrogen-bond acceptors (Lipinski definition) is 4. The van der Waals surface area contributed by atoms with Crippen LogP contribution in [0.5, 0.6) is 5.75 Å². The highest BCUT2D eigenvalue weighted by Gasteiger charge is 2.18. The van der Waals surface area contributed by atoms with Crippen LogP contribution in [0.3, 0.4) is 0 Å². The lowest BCUT2D eigenvalue weighted by Crippen LogP contribution is -2.24. The number of ether oxygens (including phenoxy) is 1. The minimum absolute atomic E-state index is 0.0551. The van der Waals surface area contributed by atoms with Gasteiger partial charge >= 0.3 is 0 Å². The predicted octanol–water partition coefficient (Wildman–Crippen LogP) is 4.28. The number of hydrogen-bond donors (Lipinski definition) is 1. The van der Waals surface area contributed by atoms with Gasteiger partial charge in [-0.1, -0.05) is 12.1 Å². The van der Waals surface area contributed by atoms with E-state index in [0.717, 1.165) is 6.07 Å². The van der Waals surface area contributed by atoms with E-state index in [-0.39, 0.29) is 10.9 Å². The van der Waals surface area contributed by atoms with Crippen LogP contribution in [0, 0.1) is 12.7 Å². The van der Waals surface area contributed by atoms with Crippen molar-refractivity contribution in [2.75, 3.05) is 12.4 Å². The first-order valence-electron chi connectivity index (χ1n) is 9.51. The highest BCUT2D eigenvalue weighted by Crippen LogP contribution is 2.30. The molecule has 0 atom stereocenters. The summed E-state index contributed by atoms with van der Waals surface area (Å²) in [4.78, 5) is 30.5. The number of benzene rings is 2. The summed E-state index contributed by atoms with van der Waals surface area (Å²) in [5.74, 6) is -0.507. The molecule has 0 aliphatic heterocycles. The summed E-state index contributed by atoms with van der Waals surface area (Å²) in [5.41, 5.74) is 1.83. The molecule has 2 aromatic heterocycles. The Bertz CT molecular complexity index is 1360. The fraction of sp³-hybridized carbons (Fsp3) is 0.174. The number of amides is 1. The molecule has 0 aliphatic rings. The van der Waals surface area contributed by atoms with E-state index in [4.69, 9.17) is 4.74 Å². The molecule has 0 aliphatic carbocycles. The Kier molecular flexibility index (Phi) is 4.95. The molecule has 2 heterocycles. The number of aryl methyl sites for hydroxylation is 2. The molecule has 1 amide bonds. The molecule has 0 bridgehead atoms. The summed E-state index contributed by atoms with van der Waals surface area (Å²) >= 11 is 0. The molecule has 0 unspecified atom stereocenters. The van der Waals surface area contributed by atoms with Crippen LogP contribution in [0.15, 0.2) is 53.5 Å². The minimum atomic E-state index is -0.567. The summed E-state index contributed by atoms with van der Waals surface area (Å²) in [7, 11) is 1.55. The van der Waals surface area contributed by atoms with E-state index in [2.05, 4.69) is 10.3 Å². The molecule has 152 valence electrons. The Morgan fingerprint density at radius 1 is 1.20 bits per heavy atom. The zero-order chi connectivity index (χ0) is 21.4. The number of nitrogens with zero attached hydrogens (tertiary/aromatic N) is 2. The monoisotopic (exact) mass is 405 g/mol. The lowest BCUT2D eigenvalue weighted by molar-refractivity contribution is 0.102. The Morgan fingerprint density at radius 3 is 2.73 bits per heavy atom. The number of fused-ring (bicyclic) bond motifs is 2. The van der Waals surface area contributed by atoms with Crippen molar-refractivity contribution in [2.24, 2.45) is 0 Å². The van der Waals surface area contributed by atoms with Crippen molar-refractivity contribution in [3.8, 4) is 5.75 Å². The predicted molar refractivity (Wildman–Crippen MR) is 115 cm³/mol. The zero-order valence-electron chi connectivity index (χ0n) is 16.8. The molecule has 1 N–H and O–H groups in total. The molecule has 30 heavy (non-hydrogen) atoms. The molecule has 4 aromatic rings. The number of nitrogens with one attached hydrogen (secondary N) is 1. The van der Waals surface area contributed by atoms with Crippen LogP contribution in [0.1, 0.15) is 23.0 Å². The topological polar surface area (TPSA) is 73.2 Å². The molecule has 0 radical (unpaired) electrons. The molecular weight excluding hydrogens is 385 g/mol. The molecule has 0 fully saturated rings. The van der Waals surface area contributed by atoms with Crippen LogP contribution >= 0.6 is 0 Å². The van der Waals surface area contributed by atoms with E-state index in [1.807, 2.05) is 19.9 Å². The average Bonchev–Trinajstić information content (AvgIpc) is 2.73. The van der Waals surface area contributed by atoms with Gasteiger partial charge in [-0.05, 0) is 44.2 Å². The lowest BCUT2D eigenvalue weighted by Gasteiger charge is -2.14. The van der Waals surface area contributed by atoms with Gasteiger partial charge in [-0.25, -0.2) is 9.37 Å². The first kappa shape index (κ1) is 19.6. The number of carbonyl (C=O) groups excluding carboxylic acids is 1. The summed E-state index contributed by atoms with van der Waals surface area (Å²) in [5, 5.41) is 3.68. The van der Waals surface area contributed by atoms with Crippen molar-refractivity contribution in [1.29, 1.82) is 0 Å². The van der Waals surface area contributed by atoms with Crippen LogP contribution in [0.2, 0.25) is 0 Å². The van der Waals surface area contributed by atoms with Gasteiger partial charge in [0.1, 0.15) is 22.6 Å². The van der Waals surface area contributed by atoms with Crippen LogP contribution in [0.4, 0.5) is 10.1 Å². The van der Waals surface area contributed by atoms with Gasteiger partial charge in [0, 0.05) is 29.2 Å². The normalized spacial score (nSPS) is 11.1. The number of anilines is 1. The lowest BCUT2D eigenvalue weighted by atomic mass is 10.1. The highest BCUT2D eigenvalue weighted by molar-refractivity contribution is 6.10. The number of aromatic nitrogens is 2. The molecule has 4 rings (SSSR count). The maximum atomic E-state index is 13.8. The number of pyridine rings is 2. The summed E-state index contributed by atoms with van der Waals surface area (Å²) in [6.07, 6.45) is 1.51. The van der Waals surface area contributed by atoms with E-state index in [0.29, 0.717) is 40.1 Å². The largest absolute Gasteiger partial charge is 0.494 e. The van der Waals surface area contributed by atoms with Crippen molar-refractivity contribution >= 4 is 33.4 Å². The van der Waals surface area contributed by atoms with E-state index in [1.165, 1.54) is 12.3 Å². The number of rotatable bonds is 4. The van der Waals surface area contributed by atoms with Crippen molar-refractivity contribution in [2.45, 2.75) is 20.4 Å². The first-order chi connectivity index (χ1) is 14.4. The van der Waals surface area contributed by atoms with Crippen molar-refractivity contribution < 1.29 is 13.9 Å². The number of halogens is 1. The summed E-state index contributed by atoms with van der Waals surface area (Å²) in [6, 6.07) is 11.2. The fourth-order valence-corrected chi connectivity index (χ4v) is 3.60. The highest BCUT2D eigenvalue weighted by atomic mass is 19.1. The maximum absolute atomic E-state index is 13.8. The van der Waals surface area contributed by atoms with Gasteiger partial charge in [0.25, 0.3) is 5.91 Å². The van der Waals surface area contributed by atoms with Gasteiger partial charge in [0.2, 0.25) is 5.43 Å². The van der Waals surface area contributed by atoms with Gasteiger partial charge in [-0.3, -0.25) is 9.59 Å². The minimum Gasteiger partial charge on any atom is -0.494 e. The smallest absolute Gasteiger partial charge is 0.261 e. The molecule has 0 saturated heterocycles. The first-order valence-corrected chi connectivity index (χ1v) is 9.51. The third-order valence-electron chi connectivity index (χ3n) is 5.03. The summed E-state index contributed by atoms with van der Waals surface area (Å²) < 4.78 is 20.9. The number of methoxy groups -OCH3 is 1. The van der Waals surface area contributed by atoms with Crippen molar-refractivity contribution in [3.63, 3.8) is 0 Å². The van der Waals surface area contributed by atoms with Gasteiger partial charge < -0.3 is 14.6 Å². The van der Waals surface area contributed by atoms with E-state index < -0.39 is 17.2 Å². The van der Waals surface area contributed by atoms with Gasteiger partial charge in [0.15, 0.2) is 0 Å². The fourth-order valence-electron chi connectivity index (χ4n) is 3.60. The van der Waals surface area contributed by atoms with Gasteiger partial charge in [-0.15, -0.1) is 0 Å². The third-order valence-corrected chi connectivity index (χ3v) is 5.03. The zero-order valence-corrected chi connectivity index (χ0v) is 16.8.